The van der Waals surface area contributed by atoms with E-state index in [0.717, 1.165) is 18.4 Å². The Morgan fingerprint density at radius 1 is 1.35 bits per heavy atom. The molecule has 1 aliphatic carbocycles. The van der Waals surface area contributed by atoms with E-state index in [1.165, 1.54) is 19.2 Å². The fourth-order valence-corrected chi connectivity index (χ4v) is 3.71. The Morgan fingerprint density at radius 2 is 2.12 bits per heavy atom. The lowest BCUT2D eigenvalue weighted by Gasteiger charge is -2.29. The molecule has 2 heterocycles. The monoisotopic (exact) mass is 361 g/mol. The van der Waals surface area contributed by atoms with E-state index in [9.17, 15) is 18.4 Å². The van der Waals surface area contributed by atoms with Crippen molar-refractivity contribution in [1.29, 1.82) is 0 Å². The standard InChI is InChI=1S/C19H17F2NO4/c1-25-18(23)16-13(7-20)22-14-8-26-19(24)17(14)15(16)12-6-10(21)4-5-11(12)9-2-3-9/h4-6,9,15,22H,2-3,7-8H2,1H3/t15-/m1/s1. The Morgan fingerprint density at radius 3 is 2.77 bits per heavy atom. The number of hydrogen-bond donors (Lipinski definition) is 1. The highest BCUT2D eigenvalue weighted by atomic mass is 19.1. The minimum atomic E-state index is -0.944. The van der Waals surface area contributed by atoms with Crippen molar-refractivity contribution in [1.82, 2.24) is 5.32 Å². The molecule has 0 unspecified atom stereocenters. The number of benzene rings is 1. The number of allylic oxidation sites excluding steroid dienone is 1. The Balaban J connectivity index is 1.96. The third-order valence-corrected chi connectivity index (χ3v) is 5.01. The van der Waals surface area contributed by atoms with Crippen LogP contribution in [0.25, 0.3) is 0 Å². The molecule has 1 atom stereocenters. The van der Waals surface area contributed by atoms with Crippen molar-refractivity contribution in [2.24, 2.45) is 0 Å². The summed E-state index contributed by atoms with van der Waals surface area (Å²) in [5.41, 5.74) is 1.99. The summed E-state index contributed by atoms with van der Waals surface area (Å²) in [6.45, 7) is -0.976. The maximum absolute atomic E-state index is 14.1. The van der Waals surface area contributed by atoms with Crippen LogP contribution in [0, 0.1) is 5.82 Å². The lowest BCUT2D eigenvalue weighted by atomic mass is 9.78. The van der Waals surface area contributed by atoms with Crippen LogP contribution in [0.4, 0.5) is 8.78 Å². The van der Waals surface area contributed by atoms with Crippen molar-refractivity contribution in [3.63, 3.8) is 0 Å². The molecular formula is C19H17F2NO4. The zero-order chi connectivity index (χ0) is 18.4. The molecule has 4 rings (SSSR count). The molecule has 0 amide bonds. The van der Waals surface area contributed by atoms with Crippen LogP contribution in [0.3, 0.4) is 0 Å². The van der Waals surface area contributed by atoms with Crippen LogP contribution in [-0.4, -0.2) is 32.3 Å². The first-order chi connectivity index (χ1) is 12.5. The van der Waals surface area contributed by atoms with Gasteiger partial charge in [0.15, 0.2) is 0 Å². The summed E-state index contributed by atoms with van der Waals surface area (Å²) in [7, 11) is 1.19. The topological polar surface area (TPSA) is 64.6 Å². The summed E-state index contributed by atoms with van der Waals surface area (Å²) < 4.78 is 37.6. The van der Waals surface area contributed by atoms with E-state index in [-0.39, 0.29) is 29.4 Å². The highest BCUT2D eigenvalue weighted by Crippen LogP contribution is 2.48. The van der Waals surface area contributed by atoms with Crippen molar-refractivity contribution in [2.45, 2.75) is 24.7 Å². The molecule has 1 saturated carbocycles. The van der Waals surface area contributed by atoms with Crippen LogP contribution < -0.4 is 5.32 Å². The van der Waals surface area contributed by atoms with Crippen LogP contribution >= 0.6 is 0 Å². The van der Waals surface area contributed by atoms with Gasteiger partial charge in [0.1, 0.15) is 19.1 Å². The molecule has 1 fully saturated rings. The van der Waals surface area contributed by atoms with Gasteiger partial charge in [0.25, 0.3) is 0 Å². The summed E-state index contributed by atoms with van der Waals surface area (Å²) in [6, 6.07) is 4.35. The molecule has 136 valence electrons. The van der Waals surface area contributed by atoms with Gasteiger partial charge < -0.3 is 14.8 Å². The van der Waals surface area contributed by atoms with Gasteiger partial charge in [-0.05, 0) is 42.0 Å². The zero-order valence-electron chi connectivity index (χ0n) is 14.1. The van der Waals surface area contributed by atoms with Crippen molar-refractivity contribution < 1.29 is 27.8 Å². The third-order valence-electron chi connectivity index (χ3n) is 5.01. The number of alkyl halides is 1. The number of cyclic esters (lactones) is 1. The molecule has 0 spiro atoms. The summed E-state index contributed by atoms with van der Waals surface area (Å²) in [6.07, 6.45) is 1.90. The van der Waals surface area contributed by atoms with Crippen LogP contribution in [-0.2, 0) is 19.1 Å². The first-order valence-corrected chi connectivity index (χ1v) is 8.39. The molecule has 26 heavy (non-hydrogen) atoms. The smallest absolute Gasteiger partial charge is 0.337 e. The van der Waals surface area contributed by atoms with E-state index in [2.05, 4.69) is 5.32 Å². The number of halogens is 2. The molecule has 2 aliphatic heterocycles. The van der Waals surface area contributed by atoms with Gasteiger partial charge in [-0.15, -0.1) is 0 Å². The number of carbonyl (C=O) groups is 2. The molecule has 1 aromatic rings. The molecule has 7 heteroatoms. The lowest BCUT2D eigenvalue weighted by Crippen LogP contribution is -2.32. The zero-order valence-corrected chi connectivity index (χ0v) is 14.1. The van der Waals surface area contributed by atoms with Gasteiger partial charge >= 0.3 is 11.9 Å². The van der Waals surface area contributed by atoms with E-state index in [0.29, 0.717) is 11.3 Å². The second-order valence-electron chi connectivity index (χ2n) is 6.59. The summed E-state index contributed by atoms with van der Waals surface area (Å²) in [5.74, 6) is -2.50. The Bertz CT molecular complexity index is 870. The Kier molecular flexibility index (Phi) is 4.01. The molecule has 0 radical (unpaired) electrons. The van der Waals surface area contributed by atoms with E-state index in [1.54, 1.807) is 6.07 Å². The number of carbonyl (C=O) groups excluding carboxylic acids is 2. The number of dihydropyridines is 1. The van der Waals surface area contributed by atoms with Gasteiger partial charge in [-0.2, -0.15) is 0 Å². The van der Waals surface area contributed by atoms with E-state index >= 15 is 0 Å². The van der Waals surface area contributed by atoms with Gasteiger partial charge in [-0.3, -0.25) is 0 Å². The summed E-state index contributed by atoms with van der Waals surface area (Å²) >= 11 is 0. The average Bonchev–Trinajstić information content (AvgIpc) is 3.43. The molecule has 1 N–H and O–H groups in total. The van der Waals surface area contributed by atoms with Crippen LogP contribution in [0.5, 0.6) is 0 Å². The molecule has 5 nitrogen and oxygen atoms in total. The van der Waals surface area contributed by atoms with E-state index in [4.69, 9.17) is 9.47 Å². The van der Waals surface area contributed by atoms with Crippen LogP contribution in [0.15, 0.2) is 40.7 Å². The number of esters is 2. The number of hydrogen-bond acceptors (Lipinski definition) is 5. The first kappa shape index (κ1) is 16.8. The molecule has 0 bridgehead atoms. The Labute approximate surface area is 148 Å². The van der Waals surface area contributed by atoms with Crippen molar-refractivity contribution >= 4 is 11.9 Å². The van der Waals surface area contributed by atoms with Crippen LogP contribution in [0.1, 0.15) is 35.8 Å². The fourth-order valence-electron chi connectivity index (χ4n) is 3.71. The quantitative estimate of drug-likeness (QED) is 0.835. The highest BCUT2D eigenvalue weighted by molar-refractivity contribution is 6.01. The lowest BCUT2D eigenvalue weighted by molar-refractivity contribution is -0.136. The molecule has 3 aliphatic rings. The number of ether oxygens (including phenoxy) is 2. The first-order valence-electron chi connectivity index (χ1n) is 8.39. The number of rotatable bonds is 4. The van der Waals surface area contributed by atoms with Crippen LogP contribution in [0.2, 0.25) is 0 Å². The minimum Gasteiger partial charge on any atom is -0.466 e. The van der Waals surface area contributed by atoms with Gasteiger partial charge in [0.2, 0.25) is 0 Å². The van der Waals surface area contributed by atoms with E-state index in [1.807, 2.05) is 0 Å². The molecular weight excluding hydrogens is 344 g/mol. The van der Waals surface area contributed by atoms with Crippen molar-refractivity contribution in [2.75, 3.05) is 20.4 Å². The van der Waals surface area contributed by atoms with Crippen molar-refractivity contribution in [3.8, 4) is 0 Å². The van der Waals surface area contributed by atoms with Gasteiger partial charge in [-0.1, -0.05) is 6.07 Å². The largest absolute Gasteiger partial charge is 0.466 e. The summed E-state index contributed by atoms with van der Waals surface area (Å²) in [5, 5.41) is 2.78. The third kappa shape index (κ3) is 2.58. The summed E-state index contributed by atoms with van der Waals surface area (Å²) in [4.78, 5) is 24.8. The normalized spacial score (nSPS) is 22.1. The maximum atomic E-state index is 14.1. The van der Waals surface area contributed by atoms with Gasteiger partial charge in [-0.25, -0.2) is 18.4 Å². The van der Waals surface area contributed by atoms with Gasteiger partial charge in [0.05, 0.1) is 35.6 Å². The minimum absolute atomic E-state index is 0.0138. The van der Waals surface area contributed by atoms with Gasteiger partial charge in [0, 0.05) is 0 Å². The predicted molar refractivity (Wildman–Crippen MR) is 87.3 cm³/mol. The average molecular weight is 361 g/mol. The second-order valence-corrected chi connectivity index (χ2v) is 6.59. The SMILES string of the molecule is COC(=O)C1=C(CF)NC2=C(C(=O)OC2)[C@@H]1c1cc(F)ccc1C1CC1. The molecule has 0 aromatic heterocycles. The molecule has 0 saturated heterocycles. The fraction of sp³-hybridized carbons (Fsp3) is 0.368. The van der Waals surface area contributed by atoms with Crippen molar-refractivity contribution in [3.05, 3.63) is 57.7 Å². The number of nitrogens with one attached hydrogen (secondary N) is 1. The molecule has 1 aromatic carbocycles. The highest BCUT2D eigenvalue weighted by Gasteiger charge is 2.44. The maximum Gasteiger partial charge on any atom is 0.337 e. The second kappa shape index (κ2) is 6.23. The predicted octanol–water partition coefficient (Wildman–Crippen LogP) is 2.60. The Hall–Kier alpha value is -2.70. The van der Waals surface area contributed by atoms with E-state index < -0.39 is 30.3 Å². The number of methoxy groups -OCH3 is 1.